The van der Waals surface area contributed by atoms with Gasteiger partial charge in [0.2, 0.25) is 0 Å². The summed E-state index contributed by atoms with van der Waals surface area (Å²) >= 11 is 0. The summed E-state index contributed by atoms with van der Waals surface area (Å²) in [6.07, 6.45) is -5.81. The molecule has 16 nitrogen and oxygen atoms in total. The van der Waals surface area contributed by atoms with E-state index in [2.05, 4.69) is 11.4 Å². The van der Waals surface area contributed by atoms with Gasteiger partial charge in [0.25, 0.3) is 0 Å². The summed E-state index contributed by atoms with van der Waals surface area (Å²) in [6, 6.07) is 0. The Kier molecular flexibility index (Phi) is 18.8. The third-order valence-electron chi connectivity index (χ3n) is 6.68. The van der Waals surface area contributed by atoms with Crippen LogP contribution in [0.25, 0.3) is 0 Å². The quantitative estimate of drug-likeness (QED) is 0.0492. The molecule has 1 rings (SSSR count). The summed E-state index contributed by atoms with van der Waals surface area (Å²) in [5.74, 6) is -1.24. The topological polar surface area (TPSA) is 256 Å². The van der Waals surface area contributed by atoms with E-state index in [1.54, 1.807) is 0 Å². The molecule has 0 spiro atoms. The smallest absolute Gasteiger partial charge is 0.462 e. The van der Waals surface area contributed by atoms with Gasteiger partial charge in [-0.25, -0.2) is 9.13 Å². The molecular weight excluding hydrogens is 618 g/mol. The minimum Gasteiger partial charge on any atom is -0.462 e. The fourth-order valence-corrected chi connectivity index (χ4v) is 5.86. The lowest BCUT2D eigenvalue weighted by molar-refractivity contribution is -0.216. The van der Waals surface area contributed by atoms with E-state index >= 15 is 0 Å². The van der Waals surface area contributed by atoms with E-state index in [-0.39, 0.29) is 12.8 Å². The van der Waals surface area contributed by atoms with Crippen molar-refractivity contribution >= 4 is 27.6 Å². The highest BCUT2D eigenvalue weighted by molar-refractivity contribution is 7.47. The zero-order valence-electron chi connectivity index (χ0n) is 24.6. The van der Waals surface area contributed by atoms with Crippen molar-refractivity contribution in [1.82, 2.24) is 0 Å². The molecular formula is C25H48O16P2. The molecule has 18 heteroatoms. The molecule has 254 valence electrons. The molecule has 8 atom stereocenters. The Hall–Kier alpha value is -1.00. The summed E-state index contributed by atoms with van der Waals surface area (Å²) in [4.78, 5) is 52.8. The number of hydrogen-bond acceptors (Lipinski definition) is 13. The lowest BCUT2D eigenvalue weighted by atomic mass is 9.85. The second-order valence-corrected chi connectivity index (χ2v) is 13.1. The number of carbonyl (C=O) groups is 2. The SMILES string of the molecule is CCCCCCCC(=O)OC[C@H](COP(=O)(O)O[C@@H]1C(O)[C@H](OP(=O)(O)O)[C@@H](O)C(O)[C@H]1O)OC(=O)CCCCCCC. The molecule has 0 aromatic carbocycles. The highest BCUT2D eigenvalue weighted by Crippen LogP contribution is 2.48. The number of aliphatic hydroxyl groups excluding tert-OH is 4. The molecule has 1 saturated carbocycles. The van der Waals surface area contributed by atoms with Gasteiger partial charge in [-0.1, -0.05) is 65.2 Å². The van der Waals surface area contributed by atoms with Gasteiger partial charge in [-0.3, -0.25) is 23.2 Å². The van der Waals surface area contributed by atoms with Crippen LogP contribution >= 0.6 is 15.6 Å². The standard InChI is InChI=1S/C25H48O16P2/c1-3-5-7-9-11-13-18(26)37-15-17(39-19(27)14-12-10-8-6-4-2)16-38-43(35,36)41-25-22(30)20(28)21(29)24(23(25)31)40-42(32,33)34/h17,20-25,28-31H,3-16H2,1-2H3,(H,35,36)(H2,32,33,34)/t17-,20?,21+,22-,23?,24-,25+/m1/s1. The van der Waals surface area contributed by atoms with Crippen molar-refractivity contribution in [3.63, 3.8) is 0 Å². The molecule has 0 saturated heterocycles. The van der Waals surface area contributed by atoms with Crippen molar-refractivity contribution in [3.8, 4) is 0 Å². The summed E-state index contributed by atoms with van der Waals surface area (Å²) in [5, 5.41) is 40.6. The van der Waals surface area contributed by atoms with Crippen molar-refractivity contribution in [1.29, 1.82) is 0 Å². The predicted molar refractivity (Wildman–Crippen MR) is 149 cm³/mol. The molecule has 1 aliphatic carbocycles. The number of aliphatic hydroxyl groups is 4. The number of phosphoric acid groups is 2. The van der Waals surface area contributed by atoms with Crippen LogP contribution in [0.1, 0.15) is 90.9 Å². The van der Waals surface area contributed by atoms with Crippen LogP contribution in [0.4, 0.5) is 0 Å². The van der Waals surface area contributed by atoms with Gasteiger partial charge in [0.1, 0.15) is 43.2 Å². The molecule has 0 bridgehead atoms. The molecule has 1 aliphatic rings. The summed E-state index contributed by atoms with van der Waals surface area (Å²) in [5.41, 5.74) is 0. The Morgan fingerprint density at radius 3 is 1.65 bits per heavy atom. The highest BCUT2D eigenvalue weighted by Gasteiger charge is 2.54. The summed E-state index contributed by atoms with van der Waals surface area (Å²) in [6.45, 7) is 2.77. The van der Waals surface area contributed by atoms with Crippen LogP contribution in [-0.2, 0) is 41.8 Å². The van der Waals surface area contributed by atoms with Gasteiger partial charge in [0.15, 0.2) is 6.10 Å². The molecule has 0 aromatic heterocycles. The number of carbonyl (C=O) groups excluding carboxylic acids is 2. The third kappa shape index (κ3) is 16.2. The van der Waals surface area contributed by atoms with Gasteiger partial charge in [0.05, 0.1) is 6.61 Å². The summed E-state index contributed by atoms with van der Waals surface area (Å²) in [7, 11) is -10.6. The molecule has 0 heterocycles. The second kappa shape index (κ2) is 20.2. The van der Waals surface area contributed by atoms with E-state index < -0.39 is 83.5 Å². The van der Waals surface area contributed by atoms with Crippen molar-refractivity contribution in [3.05, 3.63) is 0 Å². The minimum absolute atomic E-state index is 0.0422. The number of unbranched alkanes of at least 4 members (excludes halogenated alkanes) is 8. The van der Waals surface area contributed by atoms with E-state index in [0.29, 0.717) is 12.8 Å². The van der Waals surface area contributed by atoms with Crippen LogP contribution in [0.15, 0.2) is 0 Å². The van der Waals surface area contributed by atoms with Crippen LogP contribution in [0.2, 0.25) is 0 Å². The van der Waals surface area contributed by atoms with Crippen LogP contribution < -0.4 is 0 Å². The average molecular weight is 667 g/mol. The Bertz CT molecular complexity index is 914. The van der Waals surface area contributed by atoms with Crippen LogP contribution in [-0.4, -0.2) is 103 Å². The van der Waals surface area contributed by atoms with Gasteiger partial charge in [0, 0.05) is 12.8 Å². The van der Waals surface area contributed by atoms with E-state index in [9.17, 15) is 44.0 Å². The Morgan fingerprint density at radius 2 is 1.14 bits per heavy atom. The van der Waals surface area contributed by atoms with Crippen LogP contribution in [0.5, 0.6) is 0 Å². The predicted octanol–water partition coefficient (Wildman–Crippen LogP) is 1.60. The molecule has 0 aliphatic heterocycles. The number of phosphoric ester groups is 2. The zero-order chi connectivity index (χ0) is 32.6. The van der Waals surface area contributed by atoms with E-state index in [1.807, 2.05) is 6.92 Å². The average Bonchev–Trinajstić information content (AvgIpc) is 2.93. The third-order valence-corrected chi connectivity index (χ3v) is 8.18. The van der Waals surface area contributed by atoms with Gasteiger partial charge in [-0.05, 0) is 12.8 Å². The second-order valence-electron chi connectivity index (χ2n) is 10.5. The van der Waals surface area contributed by atoms with E-state index in [1.165, 1.54) is 0 Å². The number of rotatable bonds is 22. The highest BCUT2D eigenvalue weighted by atomic mass is 31.2. The zero-order valence-corrected chi connectivity index (χ0v) is 26.4. The number of esters is 2. The Morgan fingerprint density at radius 1 is 0.651 bits per heavy atom. The van der Waals surface area contributed by atoms with Crippen molar-refractivity contribution in [2.45, 2.75) is 134 Å². The fourth-order valence-electron chi connectivity index (χ4n) is 4.32. The van der Waals surface area contributed by atoms with E-state index in [0.717, 1.165) is 51.4 Å². The molecule has 0 aromatic rings. The largest absolute Gasteiger partial charge is 0.472 e. The number of ether oxygens (including phenoxy) is 2. The fraction of sp³-hybridized carbons (Fsp3) is 0.920. The van der Waals surface area contributed by atoms with E-state index in [4.69, 9.17) is 28.3 Å². The van der Waals surface area contributed by atoms with Gasteiger partial charge >= 0.3 is 27.6 Å². The first-order valence-electron chi connectivity index (χ1n) is 14.6. The van der Waals surface area contributed by atoms with Gasteiger partial charge in [-0.15, -0.1) is 0 Å². The minimum atomic E-state index is -5.34. The lowest BCUT2D eigenvalue weighted by Gasteiger charge is -2.43. The summed E-state index contributed by atoms with van der Waals surface area (Å²) < 4.78 is 48.3. The molecule has 43 heavy (non-hydrogen) atoms. The molecule has 3 unspecified atom stereocenters. The molecule has 0 amide bonds. The van der Waals surface area contributed by atoms with Crippen molar-refractivity contribution in [2.24, 2.45) is 0 Å². The van der Waals surface area contributed by atoms with Crippen molar-refractivity contribution < 1.29 is 76.9 Å². The first-order chi connectivity index (χ1) is 20.1. The Labute approximate surface area is 251 Å². The maximum atomic E-state index is 12.7. The molecule has 7 N–H and O–H groups in total. The maximum absolute atomic E-state index is 12.7. The van der Waals surface area contributed by atoms with Crippen LogP contribution in [0, 0.1) is 0 Å². The monoisotopic (exact) mass is 666 g/mol. The van der Waals surface area contributed by atoms with Crippen LogP contribution in [0.3, 0.4) is 0 Å². The van der Waals surface area contributed by atoms with Gasteiger partial charge in [-0.2, -0.15) is 0 Å². The first kappa shape index (κ1) is 40.0. The number of hydrogen-bond donors (Lipinski definition) is 7. The lowest BCUT2D eigenvalue weighted by Crippen LogP contribution is -2.64. The van der Waals surface area contributed by atoms with Crippen molar-refractivity contribution in [2.75, 3.05) is 13.2 Å². The maximum Gasteiger partial charge on any atom is 0.472 e. The molecule has 0 radical (unpaired) electrons. The first-order valence-corrected chi connectivity index (χ1v) is 17.6. The Balaban J connectivity index is 2.84. The normalized spacial score (nSPS) is 26.4. The van der Waals surface area contributed by atoms with Gasteiger partial charge < -0.3 is 44.6 Å². The molecule has 1 fully saturated rings.